The summed E-state index contributed by atoms with van der Waals surface area (Å²) in [6.45, 7) is -1.49. The van der Waals surface area contributed by atoms with E-state index in [2.05, 4.69) is 5.32 Å². The van der Waals surface area contributed by atoms with Gasteiger partial charge in [0.05, 0.1) is 5.41 Å². The molecule has 180 valence electrons. The van der Waals surface area contributed by atoms with Crippen LogP contribution in [0.25, 0.3) is 11.1 Å². The molecule has 1 saturated carbocycles. The fourth-order valence-electron chi connectivity index (χ4n) is 4.19. The van der Waals surface area contributed by atoms with Crippen molar-refractivity contribution in [3.63, 3.8) is 0 Å². The number of nitrogens with one attached hydrogen (secondary N) is 2. The number of benzene rings is 2. The van der Waals surface area contributed by atoms with Crippen molar-refractivity contribution in [2.24, 2.45) is 11.3 Å². The Hall–Kier alpha value is -3.56. The summed E-state index contributed by atoms with van der Waals surface area (Å²) in [5.41, 5.74) is 2.73. The highest BCUT2D eigenvalue weighted by Gasteiger charge is 2.52. The lowest BCUT2D eigenvalue weighted by Crippen LogP contribution is -2.48. The summed E-state index contributed by atoms with van der Waals surface area (Å²) in [5, 5.41) is 13.2. The maximum Gasteiger partial charge on any atom is 0.407 e. The minimum atomic E-state index is -4.93. The number of hydrogen-bond acceptors (Lipinski definition) is 4. The van der Waals surface area contributed by atoms with Crippen molar-refractivity contribution in [3.8, 4) is 11.1 Å². The number of halogens is 3. The first-order valence-corrected chi connectivity index (χ1v) is 10.8. The highest BCUT2D eigenvalue weighted by atomic mass is 19.4. The van der Waals surface area contributed by atoms with Gasteiger partial charge in [-0.25, -0.2) is 4.79 Å². The van der Waals surface area contributed by atoms with Crippen LogP contribution < -0.4 is 10.6 Å². The van der Waals surface area contributed by atoms with Crippen LogP contribution in [-0.4, -0.2) is 48.9 Å². The molecule has 2 amide bonds. The number of amides is 2. The summed E-state index contributed by atoms with van der Waals surface area (Å²) in [4.78, 5) is 35.5. The first-order chi connectivity index (χ1) is 16.1. The molecule has 0 spiro atoms. The number of carbonyl (C=O) groups is 3. The maximum atomic E-state index is 13.4. The van der Waals surface area contributed by atoms with Crippen molar-refractivity contribution in [3.05, 3.63) is 59.7 Å². The molecule has 34 heavy (non-hydrogen) atoms. The van der Waals surface area contributed by atoms with Crippen LogP contribution in [0.15, 0.2) is 48.5 Å². The van der Waals surface area contributed by atoms with Gasteiger partial charge in [0.15, 0.2) is 5.92 Å². The van der Waals surface area contributed by atoms with E-state index in [1.807, 2.05) is 53.8 Å². The zero-order chi connectivity index (χ0) is 24.5. The van der Waals surface area contributed by atoms with E-state index in [1.54, 1.807) is 0 Å². The zero-order valence-electron chi connectivity index (χ0n) is 18.0. The molecule has 1 atom stereocenters. The second-order valence-electron chi connectivity index (χ2n) is 8.60. The number of alkyl carbamates (subject to hydrolysis) is 1. The highest BCUT2D eigenvalue weighted by Crippen LogP contribution is 2.45. The molecular weight excluding hydrogens is 453 g/mol. The molecule has 2 aliphatic carbocycles. The van der Waals surface area contributed by atoms with Crippen LogP contribution in [0.4, 0.5) is 18.0 Å². The van der Waals surface area contributed by atoms with Crippen molar-refractivity contribution in [1.29, 1.82) is 0 Å². The molecule has 0 heterocycles. The van der Waals surface area contributed by atoms with E-state index in [9.17, 15) is 27.6 Å². The minimum absolute atomic E-state index is 0.0795. The number of alkyl halides is 3. The SMILES string of the molecule is O=C(NCC(C(=O)NCC1(C(=O)O)CC1)C(F)(F)F)OCC1c2ccccc2-c2ccccc21. The number of fused-ring (bicyclic) bond motifs is 3. The van der Waals surface area contributed by atoms with Crippen molar-refractivity contribution < 1.29 is 37.4 Å². The van der Waals surface area contributed by atoms with E-state index in [-0.39, 0.29) is 25.4 Å². The van der Waals surface area contributed by atoms with E-state index in [0.717, 1.165) is 22.3 Å². The Morgan fingerprint density at radius 2 is 1.56 bits per heavy atom. The lowest BCUT2D eigenvalue weighted by Gasteiger charge is -2.21. The highest BCUT2D eigenvalue weighted by molar-refractivity contribution is 5.83. The number of ether oxygens (including phenoxy) is 1. The molecule has 2 aliphatic rings. The number of carbonyl (C=O) groups excluding carboxylic acids is 2. The topological polar surface area (TPSA) is 105 Å². The van der Waals surface area contributed by atoms with Crippen molar-refractivity contribution in [2.75, 3.05) is 19.7 Å². The number of carboxylic acid groups (broad SMARTS) is 1. The molecule has 0 radical (unpaired) electrons. The van der Waals surface area contributed by atoms with Gasteiger partial charge in [-0.3, -0.25) is 9.59 Å². The average Bonchev–Trinajstić information content (AvgIpc) is 3.53. The van der Waals surface area contributed by atoms with Gasteiger partial charge in [-0.1, -0.05) is 48.5 Å². The predicted molar refractivity (Wildman–Crippen MR) is 115 cm³/mol. The number of hydrogen-bond donors (Lipinski definition) is 3. The number of rotatable bonds is 8. The van der Waals surface area contributed by atoms with Crippen molar-refractivity contribution >= 4 is 18.0 Å². The molecule has 0 bridgehead atoms. The van der Waals surface area contributed by atoms with E-state index in [0.29, 0.717) is 0 Å². The van der Waals surface area contributed by atoms with Crippen LogP contribution in [0.1, 0.15) is 29.9 Å². The first kappa shape index (κ1) is 23.6. The molecule has 0 aromatic heterocycles. The molecule has 1 fully saturated rings. The number of carboxylic acids is 1. The van der Waals surface area contributed by atoms with Gasteiger partial charge in [-0.15, -0.1) is 0 Å². The quantitative estimate of drug-likeness (QED) is 0.539. The van der Waals surface area contributed by atoms with Gasteiger partial charge in [-0.05, 0) is 35.1 Å². The summed E-state index contributed by atoms with van der Waals surface area (Å²) in [6.07, 6.45) is -5.43. The molecule has 10 heteroatoms. The van der Waals surface area contributed by atoms with Gasteiger partial charge in [0.1, 0.15) is 6.61 Å². The molecule has 3 N–H and O–H groups in total. The molecule has 2 aromatic carbocycles. The zero-order valence-corrected chi connectivity index (χ0v) is 18.0. The van der Waals surface area contributed by atoms with Crippen LogP contribution in [0, 0.1) is 11.3 Å². The van der Waals surface area contributed by atoms with Crippen molar-refractivity contribution in [2.45, 2.75) is 24.9 Å². The molecule has 7 nitrogen and oxygen atoms in total. The maximum absolute atomic E-state index is 13.4. The standard InChI is InChI=1S/C24H23F3N2O5/c25-24(26,27)19(20(30)29-13-23(9-10-23)21(31)32)11-28-22(33)34-12-18-16-7-3-1-5-14(16)15-6-2-4-8-17(15)18/h1-8,18-19H,9-13H2,(H,28,33)(H,29,30)(H,31,32). The van der Waals surface area contributed by atoms with Gasteiger partial charge in [-0.2, -0.15) is 13.2 Å². The van der Waals surface area contributed by atoms with E-state index in [1.165, 1.54) is 0 Å². The largest absolute Gasteiger partial charge is 0.481 e. The second-order valence-corrected chi connectivity index (χ2v) is 8.60. The van der Waals surface area contributed by atoms with Crippen LogP contribution in [-0.2, 0) is 14.3 Å². The average molecular weight is 476 g/mol. The molecule has 2 aromatic rings. The van der Waals surface area contributed by atoms with Gasteiger partial charge in [0.25, 0.3) is 0 Å². The Labute approximate surface area is 193 Å². The number of aliphatic carboxylic acids is 1. The van der Waals surface area contributed by atoms with Crippen LogP contribution in [0.3, 0.4) is 0 Å². The predicted octanol–water partition coefficient (Wildman–Crippen LogP) is 3.68. The Morgan fingerprint density at radius 3 is 2.06 bits per heavy atom. The molecule has 1 unspecified atom stereocenters. The van der Waals surface area contributed by atoms with Gasteiger partial charge in [0.2, 0.25) is 5.91 Å². The molecule has 0 aliphatic heterocycles. The van der Waals surface area contributed by atoms with Crippen LogP contribution >= 0.6 is 0 Å². The molecular formula is C24H23F3N2O5. The lowest BCUT2D eigenvalue weighted by atomic mass is 9.98. The summed E-state index contributed by atoms with van der Waals surface area (Å²) in [7, 11) is 0. The smallest absolute Gasteiger partial charge is 0.407 e. The first-order valence-electron chi connectivity index (χ1n) is 10.8. The van der Waals surface area contributed by atoms with Crippen molar-refractivity contribution in [1.82, 2.24) is 10.6 Å². The monoisotopic (exact) mass is 476 g/mol. The normalized spacial score (nSPS) is 16.7. The van der Waals surface area contributed by atoms with E-state index >= 15 is 0 Å². The third kappa shape index (κ3) is 4.71. The van der Waals surface area contributed by atoms with E-state index in [4.69, 9.17) is 9.84 Å². The van der Waals surface area contributed by atoms with E-state index < -0.39 is 48.6 Å². The Balaban J connectivity index is 1.34. The summed E-state index contributed by atoms with van der Waals surface area (Å²) >= 11 is 0. The lowest BCUT2D eigenvalue weighted by molar-refractivity contribution is -0.181. The fourth-order valence-corrected chi connectivity index (χ4v) is 4.19. The molecule has 0 saturated heterocycles. The third-order valence-electron chi connectivity index (χ3n) is 6.41. The van der Waals surface area contributed by atoms with Gasteiger partial charge in [0, 0.05) is 19.0 Å². The Bertz CT molecular complexity index is 1070. The Morgan fingerprint density at radius 1 is 1.00 bits per heavy atom. The molecule has 4 rings (SSSR count). The summed E-state index contributed by atoms with van der Waals surface area (Å²) in [5.74, 6) is -5.34. The fraction of sp³-hybridized carbons (Fsp3) is 0.375. The van der Waals surface area contributed by atoms with Gasteiger partial charge < -0.3 is 20.5 Å². The summed E-state index contributed by atoms with van der Waals surface area (Å²) in [6, 6.07) is 15.3. The minimum Gasteiger partial charge on any atom is -0.481 e. The Kier molecular flexibility index (Phi) is 6.24. The van der Waals surface area contributed by atoms with Crippen LogP contribution in [0.2, 0.25) is 0 Å². The third-order valence-corrected chi connectivity index (χ3v) is 6.41. The van der Waals surface area contributed by atoms with Gasteiger partial charge >= 0.3 is 18.2 Å². The second kappa shape index (κ2) is 9.00. The summed E-state index contributed by atoms with van der Waals surface area (Å²) < 4.78 is 45.4. The van der Waals surface area contributed by atoms with Crippen LogP contribution in [0.5, 0.6) is 0 Å².